The number of nitrogens with zero attached hydrogens (tertiary/aromatic N) is 1. The summed E-state index contributed by atoms with van der Waals surface area (Å²) in [5.74, 6) is 0.982. The minimum Gasteiger partial charge on any atom is -0.492 e. The Morgan fingerprint density at radius 1 is 1.13 bits per heavy atom. The van der Waals surface area contributed by atoms with Crippen LogP contribution in [0.15, 0.2) is 42.5 Å². The number of fused-ring (bicyclic) bond motifs is 1. The standard InChI is InChI=1S/C20H26N2O/c1-15-4-6-16(7-5-15)20-19-9-8-18(23-13-12-22(2)3)14-17(19)10-11-21-20/h4-9,14,20-21H,10-13H2,1-3H3. The molecular formula is C20H26N2O. The Hall–Kier alpha value is -1.84. The van der Waals surface area contributed by atoms with Crippen LogP contribution in [0.2, 0.25) is 0 Å². The van der Waals surface area contributed by atoms with Gasteiger partial charge in [-0.15, -0.1) is 0 Å². The summed E-state index contributed by atoms with van der Waals surface area (Å²) in [7, 11) is 4.13. The molecule has 0 aliphatic carbocycles. The van der Waals surface area contributed by atoms with Crippen molar-refractivity contribution in [2.45, 2.75) is 19.4 Å². The largest absolute Gasteiger partial charge is 0.492 e. The maximum atomic E-state index is 5.88. The molecule has 1 heterocycles. The summed E-state index contributed by atoms with van der Waals surface area (Å²) < 4.78 is 5.88. The fourth-order valence-electron chi connectivity index (χ4n) is 3.03. The van der Waals surface area contributed by atoms with Gasteiger partial charge in [0.05, 0.1) is 6.04 Å². The fourth-order valence-corrected chi connectivity index (χ4v) is 3.03. The van der Waals surface area contributed by atoms with Gasteiger partial charge in [-0.25, -0.2) is 0 Å². The lowest BCUT2D eigenvalue weighted by Crippen LogP contribution is -2.30. The molecule has 1 atom stereocenters. The van der Waals surface area contributed by atoms with Crippen LogP contribution in [0.1, 0.15) is 28.3 Å². The first-order valence-corrected chi connectivity index (χ1v) is 8.34. The summed E-state index contributed by atoms with van der Waals surface area (Å²) in [6.45, 7) is 4.80. The normalized spacial score (nSPS) is 17.1. The molecule has 3 heteroatoms. The van der Waals surface area contributed by atoms with Gasteiger partial charge in [0.25, 0.3) is 0 Å². The molecule has 0 radical (unpaired) electrons. The van der Waals surface area contributed by atoms with E-state index in [4.69, 9.17) is 4.74 Å². The molecule has 23 heavy (non-hydrogen) atoms. The van der Waals surface area contributed by atoms with Gasteiger partial charge in [-0.3, -0.25) is 0 Å². The number of nitrogens with one attached hydrogen (secondary N) is 1. The summed E-state index contributed by atoms with van der Waals surface area (Å²) in [4.78, 5) is 2.13. The van der Waals surface area contributed by atoms with Crippen molar-refractivity contribution in [2.75, 3.05) is 33.8 Å². The van der Waals surface area contributed by atoms with E-state index < -0.39 is 0 Å². The van der Waals surface area contributed by atoms with Crippen LogP contribution < -0.4 is 10.1 Å². The topological polar surface area (TPSA) is 24.5 Å². The van der Waals surface area contributed by atoms with Crippen molar-refractivity contribution in [1.29, 1.82) is 0 Å². The average molecular weight is 310 g/mol. The Bertz CT molecular complexity index is 649. The monoisotopic (exact) mass is 310 g/mol. The molecule has 0 bridgehead atoms. The van der Waals surface area contributed by atoms with Crippen LogP contribution in [-0.2, 0) is 6.42 Å². The molecule has 1 N–H and O–H groups in total. The predicted molar refractivity (Wildman–Crippen MR) is 95.2 cm³/mol. The molecule has 2 aromatic carbocycles. The summed E-state index contributed by atoms with van der Waals surface area (Å²) in [6, 6.07) is 15.6. The van der Waals surface area contributed by atoms with E-state index in [1.807, 2.05) is 0 Å². The fraction of sp³-hybridized carbons (Fsp3) is 0.400. The summed E-state index contributed by atoms with van der Waals surface area (Å²) in [5.41, 5.74) is 5.41. The number of hydrogen-bond acceptors (Lipinski definition) is 3. The minimum absolute atomic E-state index is 0.287. The highest BCUT2D eigenvalue weighted by atomic mass is 16.5. The van der Waals surface area contributed by atoms with E-state index in [0.29, 0.717) is 0 Å². The van der Waals surface area contributed by atoms with Gasteiger partial charge in [0.2, 0.25) is 0 Å². The van der Waals surface area contributed by atoms with Crippen molar-refractivity contribution in [3.05, 3.63) is 64.7 Å². The maximum Gasteiger partial charge on any atom is 0.119 e. The third-order valence-corrected chi connectivity index (χ3v) is 4.39. The van der Waals surface area contributed by atoms with Crippen molar-refractivity contribution in [3.63, 3.8) is 0 Å². The number of rotatable bonds is 5. The molecule has 0 aromatic heterocycles. The van der Waals surface area contributed by atoms with Gasteiger partial charge in [-0.1, -0.05) is 35.9 Å². The van der Waals surface area contributed by atoms with E-state index in [1.54, 1.807) is 0 Å². The van der Waals surface area contributed by atoms with Crippen molar-refractivity contribution in [1.82, 2.24) is 10.2 Å². The lowest BCUT2D eigenvalue weighted by molar-refractivity contribution is 0.261. The highest BCUT2D eigenvalue weighted by Gasteiger charge is 2.21. The second-order valence-corrected chi connectivity index (χ2v) is 6.56. The van der Waals surface area contributed by atoms with Crippen LogP contribution >= 0.6 is 0 Å². The Morgan fingerprint density at radius 3 is 2.65 bits per heavy atom. The summed E-state index contributed by atoms with van der Waals surface area (Å²) in [5, 5.41) is 3.64. The molecule has 0 amide bonds. The van der Waals surface area contributed by atoms with E-state index >= 15 is 0 Å². The highest BCUT2D eigenvalue weighted by Crippen LogP contribution is 2.31. The lowest BCUT2D eigenvalue weighted by Gasteiger charge is -2.28. The molecule has 0 saturated heterocycles. The summed E-state index contributed by atoms with van der Waals surface area (Å²) >= 11 is 0. The predicted octanol–water partition coefficient (Wildman–Crippen LogP) is 3.17. The van der Waals surface area contributed by atoms with Crippen LogP contribution in [0, 0.1) is 6.92 Å². The Balaban J connectivity index is 1.78. The van der Waals surface area contributed by atoms with Crippen molar-refractivity contribution in [3.8, 4) is 5.75 Å². The second-order valence-electron chi connectivity index (χ2n) is 6.56. The number of benzene rings is 2. The van der Waals surface area contributed by atoms with E-state index in [-0.39, 0.29) is 6.04 Å². The first-order chi connectivity index (χ1) is 11.1. The van der Waals surface area contributed by atoms with Crippen LogP contribution in [0.3, 0.4) is 0 Å². The van der Waals surface area contributed by atoms with Gasteiger partial charge in [0.1, 0.15) is 12.4 Å². The number of aryl methyl sites for hydroxylation is 1. The molecule has 1 unspecified atom stereocenters. The van der Waals surface area contributed by atoms with Crippen molar-refractivity contribution >= 4 is 0 Å². The zero-order valence-corrected chi connectivity index (χ0v) is 14.3. The molecule has 0 spiro atoms. The number of ether oxygens (including phenoxy) is 1. The SMILES string of the molecule is Cc1ccc(C2NCCc3cc(OCCN(C)C)ccc32)cc1. The molecule has 1 aliphatic rings. The first-order valence-electron chi connectivity index (χ1n) is 8.34. The molecule has 1 aliphatic heterocycles. The quantitative estimate of drug-likeness (QED) is 0.918. The minimum atomic E-state index is 0.287. The lowest BCUT2D eigenvalue weighted by atomic mass is 9.89. The van der Waals surface area contributed by atoms with Crippen LogP contribution in [0.5, 0.6) is 5.75 Å². The van der Waals surface area contributed by atoms with E-state index in [2.05, 4.69) is 73.7 Å². The van der Waals surface area contributed by atoms with Gasteiger partial charge >= 0.3 is 0 Å². The average Bonchev–Trinajstić information content (AvgIpc) is 2.54. The Morgan fingerprint density at radius 2 is 1.91 bits per heavy atom. The molecule has 0 fully saturated rings. The van der Waals surface area contributed by atoms with Crippen molar-refractivity contribution < 1.29 is 4.74 Å². The molecular weight excluding hydrogens is 284 g/mol. The van der Waals surface area contributed by atoms with Crippen LogP contribution in [-0.4, -0.2) is 38.7 Å². The molecule has 2 aromatic rings. The number of hydrogen-bond donors (Lipinski definition) is 1. The van der Waals surface area contributed by atoms with Gasteiger partial charge < -0.3 is 15.0 Å². The van der Waals surface area contributed by atoms with Crippen LogP contribution in [0.4, 0.5) is 0 Å². The van der Waals surface area contributed by atoms with E-state index in [0.717, 1.165) is 31.9 Å². The molecule has 3 nitrogen and oxygen atoms in total. The second kappa shape index (κ2) is 7.16. The van der Waals surface area contributed by atoms with Gasteiger partial charge in [0, 0.05) is 13.1 Å². The smallest absolute Gasteiger partial charge is 0.119 e. The van der Waals surface area contributed by atoms with Crippen LogP contribution in [0.25, 0.3) is 0 Å². The van der Waals surface area contributed by atoms with Gasteiger partial charge in [-0.05, 0) is 56.3 Å². The maximum absolute atomic E-state index is 5.88. The highest BCUT2D eigenvalue weighted by molar-refractivity contribution is 5.44. The third kappa shape index (κ3) is 3.92. The molecule has 122 valence electrons. The molecule has 3 rings (SSSR count). The Labute approximate surface area is 139 Å². The summed E-state index contributed by atoms with van der Waals surface area (Å²) in [6.07, 6.45) is 1.06. The Kier molecular flexibility index (Phi) is 4.99. The molecule has 0 saturated carbocycles. The third-order valence-electron chi connectivity index (χ3n) is 4.39. The van der Waals surface area contributed by atoms with E-state index in [9.17, 15) is 0 Å². The zero-order valence-electron chi connectivity index (χ0n) is 14.3. The number of likely N-dealkylation sites (N-methyl/N-ethyl adjacent to an activating group) is 1. The van der Waals surface area contributed by atoms with Gasteiger partial charge in [-0.2, -0.15) is 0 Å². The van der Waals surface area contributed by atoms with Crippen molar-refractivity contribution in [2.24, 2.45) is 0 Å². The first kappa shape index (κ1) is 16.0. The van der Waals surface area contributed by atoms with E-state index in [1.165, 1.54) is 22.3 Å². The zero-order chi connectivity index (χ0) is 16.2. The van der Waals surface area contributed by atoms with Gasteiger partial charge in [0.15, 0.2) is 0 Å².